The molecular weight excluding hydrogens is 192 g/mol. The van der Waals surface area contributed by atoms with Crippen LogP contribution in [0, 0.1) is 5.41 Å². The fourth-order valence-corrected chi connectivity index (χ4v) is 2.17. The first-order chi connectivity index (χ1) is 6.54. The maximum absolute atomic E-state index is 4.02. The van der Waals surface area contributed by atoms with Crippen molar-refractivity contribution in [2.24, 2.45) is 5.41 Å². The second kappa shape index (κ2) is 3.31. The first kappa shape index (κ1) is 9.59. The van der Waals surface area contributed by atoms with Gasteiger partial charge in [0.15, 0.2) is 0 Å². The molecule has 0 saturated heterocycles. The Morgan fingerprint density at radius 1 is 1.29 bits per heavy atom. The summed E-state index contributed by atoms with van der Waals surface area (Å²) in [5.41, 5.74) is 2.72. The number of hydrogen-bond donors (Lipinski definition) is 0. The van der Waals surface area contributed by atoms with Gasteiger partial charge in [-0.15, -0.1) is 5.10 Å². The SMILES string of the molecule is CC(C)(C)Cc1ccc2nnsc2c1. The number of rotatable bonds is 1. The van der Waals surface area contributed by atoms with Crippen molar-refractivity contribution in [3.05, 3.63) is 23.8 Å². The Morgan fingerprint density at radius 3 is 2.79 bits per heavy atom. The van der Waals surface area contributed by atoms with E-state index in [4.69, 9.17) is 0 Å². The largest absolute Gasteiger partial charge is 0.138 e. The van der Waals surface area contributed by atoms with Crippen LogP contribution in [0.15, 0.2) is 18.2 Å². The normalized spacial score (nSPS) is 12.2. The molecule has 2 nitrogen and oxygen atoms in total. The zero-order chi connectivity index (χ0) is 10.2. The smallest absolute Gasteiger partial charge is 0.105 e. The second-order valence-corrected chi connectivity index (χ2v) is 5.60. The number of benzene rings is 1. The van der Waals surface area contributed by atoms with Gasteiger partial charge in [0.25, 0.3) is 0 Å². The van der Waals surface area contributed by atoms with Crippen molar-refractivity contribution in [2.75, 3.05) is 0 Å². The van der Waals surface area contributed by atoms with Gasteiger partial charge in [-0.3, -0.25) is 0 Å². The van der Waals surface area contributed by atoms with Crippen LogP contribution in [0.2, 0.25) is 0 Å². The van der Waals surface area contributed by atoms with E-state index in [1.807, 2.05) is 0 Å². The third kappa shape index (κ3) is 2.10. The molecule has 0 aliphatic heterocycles. The quantitative estimate of drug-likeness (QED) is 0.715. The van der Waals surface area contributed by atoms with E-state index in [1.165, 1.54) is 21.8 Å². The van der Waals surface area contributed by atoms with E-state index in [1.54, 1.807) is 0 Å². The standard InChI is InChI=1S/C11H14N2S/c1-11(2,3)7-8-4-5-9-10(6-8)14-13-12-9/h4-6H,7H2,1-3H3. The van der Waals surface area contributed by atoms with Crippen molar-refractivity contribution in [3.63, 3.8) is 0 Å². The van der Waals surface area contributed by atoms with Crippen LogP contribution in [0.1, 0.15) is 26.3 Å². The molecule has 0 amide bonds. The van der Waals surface area contributed by atoms with Gasteiger partial charge >= 0.3 is 0 Å². The van der Waals surface area contributed by atoms with Gasteiger partial charge in [0.1, 0.15) is 5.52 Å². The average molecular weight is 206 g/mol. The van der Waals surface area contributed by atoms with E-state index in [-0.39, 0.29) is 0 Å². The molecule has 2 aromatic rings. The van der Waals surface area contributed by atoms with Crippen molar-refractivity contribution >= 4 is 21.7 Å². The highest BCUT2D eigenvalue weighted by Gasteiger charge is 2.11. The van der Waals surface area contributed by atoms with Crippen LogP contribution in [0.4, 0.5) is 0 Å². The number of hydrogen-bond acceptors (Lipinski definition) is 3. The lowest BCUT2D eigenvalue weighted by Crippen LogP contribution is -2.08. The molecule has 1 aromatic heterocycles. The van der Waals surface area contributed by atoms with E-state index in [9.17, 15) is 0 Å². The van der Waals surface area contributed by atoms with Gasteiger partial charge < -0.3 is 0 Å². The monoisotopic (exact) mass is 206 g/mol. The Balaban J connectivity index is 2.35. The zero-order valence-corrected chi connectivity index (χ0v) is 9.56. The van der Waals surface area contributed by atoms with Gasteiger partial charge in [-0.25, -0.2) is 0 Å². The molecule has 3 heteroatoms. The van der Waals surface area contributed by atoms with Crippen LogP contribution in [0.25, 0.3) is 10.2 Å². The molecular formula is C11H14N2S. The van der Waals surface area contributed by atoms with Crippen molar-refractivity contribution in [1.29, 1.82) is 0 Å². The fourth-order valence-electron chi connectivity index (χ4n) is 1.54. The fraction of sp³-hybridized carbons (Fsp3) is 0.455. The maximum atomic E-state index is 4.02. The number of aromatic nitrogens is 2. The minimum absolute atomic E-state index is 0.339. The summed E-state index contributed by atoms with van der Waals surface area (Å²) in [6, 6.07) is 6.40. The predicted octanol–water partition coefficient (Wildman–Crippen LogP) is 3.28. The molecule has 0 aliphatic carbocycles. The van der Waals surface area contributed by atoms with Crippen LogP contribution < -0.4 is 0 Å². The summed E-state index contributed by atoms with van der Waals surface area (Å²) in [4.78, 5) is 0. The van der Waals surface area contributed by atoms with Gasteiger partial charge in [-0.1, -0.05) is 31.3 Å². The molecule has 0 bridgehead atoms. The summed E-state index contributed by atoms with van der Waals surface area (Å²) < 4.78 is 5.12. The molecule has 74 valence electrons. The summed E-state index contributed by atoms with van der Waals surface area (Å²) >= 11 is 1.47. The molecule has 14 heavy (non-hydrogen) atoms. The van der Waals surface area contributed by atoms with Crippen LogP contribution in [-0.2, 0) is 6.42 Å². The summed E-state index contributed by atoms with van der Waals surface area (Å²) in [5.74, 6) is 0. The predicted molar refractivity (Wildman–Crippen MR) is 60.6 cm³/mol. The molecule has 0 atom stereocenters. The van der Waals surface area contributed by atoms with Crippen molar-refractivity contribution < 1.29 is 0 Å². The molecule has 0 saturated carbocycles. The van der Waals surface area contributed by atoms with E-state index >= 15 is 0 Å². The third-order valence-corrected chi connectivity index (χ3v) is 2.73. The maximum Gasteiger partial charge on any atom is 0.105 e. The molecule has 1 heterocycles. The Bertz CT molecular complexity index is 440. The van der Waals surface area contributed by atoms with Crippen molar-refractivity contribution in [2.45, 2.75) is 27.2 Å². The van der Waals surface area contributed by atoms with E-state index in [0.29, 0.717) is 5.41 Å². The second-order valence-electron chi connectivity index (χ2n) is 4.81. The summed E-state index contributed by atoms with van der Waals surface area (Å²) in [5, 5.41) is 4.02. The Morgan fingerprint density at radius 2 is 2.07 bits per heavy atom. The molecule has 1 aromatic carbocycles. The molecule has 0 radical (unpaired) electrons. The van der Waals surface area contributed by atoms with Crippen LogP contribution >= 0.6 is 11.5 Å². The Labute approximate surface area is 88.1 Å². The van der Waals surface area contributed by atoms with Gasteiger partial charge in [-0.05, 0) is 41.1 Å². The molecule has 0 fully saturated rings. The van der Waals surface area contributed by atoms with Crippen LogP contribution in [-0.4, -0.2) is 9.59 Å². The van der Waals surface area contributed by atoms with Gasteiger partial charge in [0, 0.05) is 0 Å². The zero-order valence-electron chi connectivity index (χ0n) is 8.74. The number of fused-ring (bicyclic) bond motifs is 1. The van der Waals surface area contributed by atoms with Gasteiger partial charge in [0.2, 0.25) is 0 Å². The lowest BCUT2D eigenvalue weighted by molar-refractivity contribution is 0.411. The van der Waals surface area contributed by atoms with Gasteiger partial charge in [-0.2, -0.15) is 0 Å². The lowest BCUT2D eigenvalue weighted by Gasteiger charge is -2.17. The van der Waals surface area contributed by atoms with Crippen molar-refractivity contribution in [1.82, 2.24) is 9.59 Å². The first-order valence-electron chi connectivity index (χ1n) is 4.76. The average Bonchev–Trinajstić information content (AvgIpc) is 2.47. The van der Waals surface area contributed by atoms with E-state index < -0.39 is 0 Å². The Kier molecular flexibility index (Phi) is 2.27. The first-order valence-corrected chi connectivity index (χ1v) is 5.53. The Hall–Kier alpha value is -0.960. The molecule has 0 spiro atoms. The summed E-state index contributed by atoms with van der Waals surface area (Å²) in [7, 11) is 0. The van der Waals surface area contributed by atoms with Crippen LogP contribution in [0.5, 0.6) is 0 Å². The van der Waals surface area contributed by atoms with Crippen LogP contribution in [0.3, 0.4) is 0 Å². The lowest BCUT2D eigenvalue weighted by atomic mass is 9.88. The number of nitrogens with zero attached hydrogens (tertiary/aromatic N) is 2. The molecule has 0 N–H and O–H groups in total. The highest BCUT2D eigenvalue weighted by atomic mass is 32.1. The molecule has 0 aliphatic rings. The van der Waals surface area contributed by atoms with E-state index in [0.717, 1.165) is 11.9 Å². The highest BCUT2D eigenvalue weighted by molar-refractivity contribution is 7.12. The minimum Gasteiger partial charge on any atom is -0.138 e. The molecule has 0 unspecified atom stereocenters. The van der Waals surface area contributed by atoms with Crippen molar-refractivity contribution in [3.8, 4) is 0 Å². The third-order valence-electron chi connectivity index (χ3n) is 2.05. The summed E-state index contributed by atoms with van der Waals surface area (Å²) in [6.07, 6.45) is 1.10. The molecule has 2 rings (SSSR count). The highest BCUT2D eigenvalue weighted by Crippen LogP contribution is 2.24. The van der Waals surface area contributed by atoms with E-state index in [2.05, 4.69) is 48.6 Å². The summed E-state index contributed by atoms with van der Waals surface area (Å²) in [6.45, 7) is 6.76. The van der Waals surface area contributed by atoms with Gasteiger partial charge in [0.05, 0.1) is 4.70 Å². The minimum atomic E-state index is 0.339. The topological polar surface area (TPSA) is 25.8 Å².